The van der Waals surface area contributed by atoms with Crippen LogP contribution in [0.2, 0.25) is 5.02 Å². The SMILES string of the molecule is Cc1cc(F)c(Cl)c(C(C)(C)CO)c1C. The molecule has 0 atom stereocenters. The van der Waals surface area contributed by atoms with Crippen molar-refractivity contribution in [1.82, 2.24) is 0 Å². The summed E-state index contributed by atoms with van der Waals surface area (Å²) in [5, 5.41) is 9.42. The van der Waals surface area contributed by atoms with Gasteiger partial charge in [0, 0.05) is 5.41 Å². The first-order valence-corrected chi connectivity index (χ1v) is 5.25. The Hall–Kier alpha value is -0.600. The minimum Gasteiger partial charge on any atom is -0.395 e. The fraction of sp³-hybridized carbons (Fsp3) is 0.500. The highest BCUT2D eigenvalue weighted by Crippen LogP contribution is 2.35. The first kappa shape index (κ1) is 12.5. The van der Waals surface area contributed by atoms with Crippen LogP contribution in [-0.4, -0.2) is 11.7 Å². The molecule has 1 N–H and O–H groups in total. The van der Waals surface area contributed by atoms with Gasteiger partial charge in [-0.1, -0.05) is 25.4 Å². The van der Waals surface area contributed by atoms with Crippen molar-refractivity contribution in [3.8, 4) is 0 Å². The van der Waals surface area contributed by atoms with Crippen LogP contribution in [0.25, 0.3) is 0 Å². The van der Waals surface area contributed by atoms with Crippen LogP contribution in [0.15, 0.2) is 6.07 Å². The van der Waals surface area contributed by atoms with Crippen molar-refractivity contribution < 1.29 is 9.50 Å². The number of halogens is 2. The molecule has 0 spiro atoms. The molecule has 0 bridgehead atoms. The van der Waals surface area contributed by atoms with Gasteiger partial charge in [0.2, 0.25) is 0 Å². The number of aliphatic hydroxyl groups is 1. The molecule has 15 heavy (non-hydrogen) atoms. The third-order valence-electron chi connectivity index (χ3n) is 2.81. The summed E-state index contributed by atoms with van der Waals surface area (Å²) < 4.78 is 13.5. The molecule has 0 saturated carbocycles. The summed E-state index contributed by atoms with van der Waals surface area (Å²) in [6.07, 6.45) is 0. The van der Waals surface area contributed by atoms with Gasteiger partial charge < -0.3 is 5.11 Å². The van der Waals surface area contributed by atoms with Crippen molar-refractivity contribution in [3.63, 3.8) is 0 Å². The minimum atomic E-state index is -0.520. The lowest BCUT2D eigenvalue weighted by Gasteiger charge is -2.27. The number of aryl methyl sites for hydroxylation is 1. The second-order valence-corrected chi connectivity index (χ2v) is 4.91. The van der Waals surface area contributed by atoms with Crippen LogP contribution in [0.4, 0.5) is 4.39 Å². The molecule has 0 aromatic heterocycles. The van der Waals surface area contributed by atoms with Crippen LogP contribution in [0.1, 0.15) is 30.5 Å². The standard InChI is InChI=1S/C12H16ClFO/c1-7-5-9(14)11(13)10(8(7)2)12(3,4)6-15/h5,15H,6H2,1-4H3. The van der Waals surface area contributed by atoms with Crippen LogP contribution < -0.4 is 0 Å². The highest BCUT2D eigenvalue weighted by molar-refractivity contribution is 6.31. The summed E-state index contributed by atoms with van der Waals surface area (Å²) in [4.78, 5) is 0. The van der Waals surface area contributed by atoms with Crippen LogP contribution in [0.3, 0.4) is 0 Å². The van der Waals surface area contributed by atoms with Crippen molar-refractivity contribution in [1.29, 1.82) is 0 Å². The van der Waals surface area contributed by atoms with E-state index >= 15 is 0 Å². The van der Waals surface area contributed by atoms with Gasteiger partial charge in [0.15, 0.2) is 0 Å². The van der Waals surface area contributed by atoms with Crippen LogP contribution in [-0.2, 0) is 5.41 Å². The first-order valence-electron chi connectivity index (χ1n) is 4.88. The van der Waals surface area contributed by atoms with E-state index < -0.39 is 11.2 Å². The molecule has 0 saturated heterocycles. The topological polar surface area (TPSA) is 20.2 Å². The normalized spacial score (nSPS) is 11.9. The number of aliphatic hydroxyl groups excluding tert-OH is 1. The minimum absolute atomic E-state index is 0.0591. The summed E-state index contributed by atoms with van der Waals surface area (Å²) >= 11 is 5.95. The Bertz CT molecular complexity index is 359. The van der Waals surface area contributed by atoms with Gasteiger partial charge in [-0.15, -0.1) is 0 Å². The maximum absolute atomic E-state index is 13.5. The molecule has 0 unspecified atom stereocenters. The van der Waals surface area contributed by atoms with E-state index in [1.807, 2.05) is 27.7 Å². The predicted octanol–water partition coefficient (Wildman–Crippen LogP) is 3.37. The molecule has 1 aromatic rings. The number of hydrogen-bond acceptors (Lipinski definition) is 1. The van der Waals surface area contributed by atoms with E-state index in [9.17, 15) is 9.50 Å². The highest BCUT2D eigenvalue weighted by atomic mass is 35.5. The van der Waals surface area contributed by atoms with Crippen LogP contribution >= 0.6 is 11.6 Å². The number of benzene rings is 1. The average molecular weight is 231 g/mol. The van der Waals surface area contributed by atoms with Crippen LogP contribution in [0.5, 0.6) is 0 Å². The van der Waals surface area contributed by atoms with Crippen molar-refractivity contribution in [2.45, 2.75) is 33.1 Å². The van der Waals surface area contributed by atoms with E-state index in [1.54, 1.807) is 0 Å². The molecule has 0 fully saturated rings. The molecular formula is C12H16ClFO. The van der Waals surface area contributed by atoms with Gasteiger partial charge in [-0.05, 0) is 36.6 Å². The first-order chi connectivity index (χ1) is 6.81. The third kappa shape index (κ3) is 2.16. The summed E-state index contributed by atoms with van der Waals surface area (Å²) in [6.45, 7) is 7.37. The molecule has 0 aliphatic carbocycles. The summed E-state index contributed by atoms with van der Waals surface area (Å²) in [6, 6.07) is 1.43. The predicted molar refractivity (Wildman–Crippen MR) is 61.0 cm³/mol. The summed E-state index contributed by atoms with van der Waals surface area (Å²) in [5.74, 6) is -0.420. The lowest BCUT2D eigenvalue weighted by atomic mass is 9.81. The second-order valence-electron chi connectivity index (χ2n) is 4.53. The Morgan fingerprint density at radius 3 is 2.40 bits per heavy atom. The Morgan fingerprint density at radius 1 is 1.40 bits per heavy atom. The van der Waals surface area contributed by atoms with Crippen molar-refractivity contribution >= 4 is 11.6 Å². The number of hydrogen-bond donors (Lipinski definition) is 1. The van der Waals surface area contributed by atoms with Crippen molar-refractivity contribution in [2.24, 2.45) is 0 Å². The molecule has 1 nitrogen and oxygen atoms in total. The third-order valence-corrected chi connectivity index (χ3v) is 3.18. The van der Waals surface area contributed by atoms with Gasteiger partial charge in [-0.3, -0.25) is 0 Å². The van der Waals surface area contributed by atoms with E-state index in [0.717, 1.165) is 11.1 Å². The lowest BCUT2D eigenvalue weighted by molar-refractivity contribution is 0.217. The van der Waals surface area contributed by atoms with Crippen molar-refractivity contribution in [3.05, 3.63) is 33.6 Å². The van der Waals surface area contributed by atoms with Gasteiger partial charge in [0.05, 0.1) is 11.6 Å². The zero-order chi connectivity index (χ0) is 11.8. The van der Waals surface area contributed by atoms with Gasteiger partial charge in [-0.25, -0.2) is 4.39 Å². The van der Waals surface area contributed by atoms with Gasteiger partial charge >= 0.3 is 0 Å². The Labute approximate surface area is 94.9 Å². The molecule has 1 rings (SSSR count). The maximum Gasteiger partial charge on any atom is 0.142 e. The molecule has 1 aromatic carbocycles. The molecule has 0 amide bonds. The molecule has 0 radical (unpaired) electrons. The Kier molecular flexibility index (Phi) is 3.41. The van der Waals surface area contributed by atoms with E-state index in [0.29, 0.717) is 5.56 Å². The quantitative estimate of drug-likeness (QED) is 0.826. The van der Waals surface area contributed by atoms with Crippen LogP contribution in [0, 0.1) is 19.7 Å². The molecule has 0 aliphatic heterocycles. The zero-order valence-corrected chi connectivity index (χ0v) is 10.2. The second kappa shape index (κ2) is 4.11. The molecular weight excluding hydrogens is 215 g/mol. The van der Waals surface area contributed by atoms with E-state index in [-0.39, 0.29) is 11.6 Å². The molecule has 84 valence electrons. The maximum atomic E-state index is 13.5. The molecule has 3 heteroatoms. The van der Waals surface area contributed by atoms with Gasteiger partial charge in [0.25, 0.3) is 0 Å². The Morgan fingerprint density at radius 2 is 1.93 bits per heavy atom. The van der Waals surface area contributed by atoms with Crippen molar-refractivity contribution in [2.75, 3.05) is 6.61 Å². The smallest absolute Gasteiger partial charge is 0.142 e. The largest absolute Gasteiger partial charge is 0.395 e. The molecule has 0 aliphatic rings. The van der Waals surface area contributed by atoms with E-state index in [4.69, 9.17) is 11.6 Å². The van der Waals surface area contributed by atoms with Gasteiger partial charge in [0.1, 0.15) is 5.82 Å². The van der Waals surface area contributed by atoms with E-state index in [2.05, 4.69) is 0 Å². The zero-order valence-electron chi connectivity index (χ0n) is 9.49. The summed E-state index contributed by atoms with van der Waals surface area (Å²) in [7, 11) is 0. The lowest BCUT2D eigenvalue weighted by Crippen LogP contribution is -2.24. The van der Waals surface area contributed by atoms with E-state index in [1.165, 1.54) is 6.07 Å². The highest BCUT2D eigenvalue weighted by Gasteiger charge is 2.27. The molecule has 0 heterocycles. The fourth-order valence-electron chi connectivity index (χ4n) is 1.73. The fourth-order valence-corrected chi connectivity index (χ4v) is 2.18. The monoisotopic (exact) mass is 230 g/mol. The average Bonchev–Trinajstić information content (AvgIpc) is 2.15. The summed E-state index contributed by atoms with van der Waals surface area (Å²) in [5.41, 5.74) is 1.98. The number of rotatable bonds is 2. The van der Waals surface area contributed by atoms with Gasteiger partial charge in [-0.2, -0.15) is 0 Å². The Balaban J connectivity index is 3.53.